The molecule has 1 N–H and O–H groups in total. The van der Waals surface area contributed by atoms with Gasteiger partial charge < -0.3 is 10.0 Å². The molecule has 1 amide bonds. The summed E-state index contributed by atoms with van der Waals surface area (Å²) in [5.74, 6) is 0.344. The van der Waals surface area contributed by atoms with Crippen LogP contribution in [0.15, 0.2) is 0 Å². The van der Waals surface area contributed by atoms with Gasteiger partial charge in [0, 0.05) is 19.0 Å². The molecule has 1 heterocycles. The number of rotatable bonds is 3. The number of amides is 1. The fraction of sp³-hybridized carbons (Fsp3) is 0.857. The number of carboxylic acid groups (broad SMARTS) is 1. The van der Waals surface area contributed by atoms with E-state index >= 15 is 0 Å². The van der Waals surface area contributed by atoms with Gasteiger partial charge >= 0.3 is 5.97 Å². The second-order valence-corrected chi connectivity index (χ2v) is 6.12. The molecule has 0 aromatic carbocycles. The topological polar surface area (TPSA) is 57.6 Å². The summed E-state index contributed by atoms with van der Waals surface area (Å²) in [7, 11) is 0. The third-order valence-corrected chi connectivity index (χ3v) is 4.61. The molecule has 1 unspecified atom stereocenters. The average Bonchev–Trinajstić information content (AvgIpc) is 2.97. The number of aliphatic carboxylic acids is 1. The monoisotopic (exact) mass is 253 g/mol. The van der Waals surface area contributed by atoms with E-state index in [1.54, 1.807) is 0 Å². The van der Waals surface area contributed by atoms with E-state index < -0.39 is 5.97 Å². The Bertz CT molecular complexity index is 340. The van der Waals surface area contributed by atoms with Gasteiger partial charge in [-0.2, -0.15) is 0 Å². The van der Waals surface area contributed by atoms with Gasteiger partial charge in [-0.3, -0.25) is 9.59 Å². The third-order valence-electron chi connectivity index (χ3n) is 4.61. The smallest absolute Gasteiger partial charge is 0.306 e. The van der Waals surface area contributed by atoms with Crippen LogP contribution in [-0.4, -0.2) is 35.0 Å². The van der Waals surface area contributed by atoms with Crippen LogP contribution in [0.3, 0.4) is 0 Å². The maximum Gasteiger partial charge on any atom is 0.306 e. The van der Waals surface area contributed by atoms with Crippen LogP contribution in [-0.2, 0) is 9.59 Å². The van der Waals surface area contributed by atoms with Crippen LogP contribution >= 0.6 is 0 Å². The van der Waals surface area contributed by atoms with Crippen molar-refractivity contribution in [1.82, 2.24) is 4.90 Å². The number of hydrogen-bond donors (Lipinski definition) is 1. The molecule has 0 aromatic heterocycles. The SMILES string of the molecule is CC(C)C1CCN(C(=O)[C@@H]2CC[C@H](C(=O)O)C2)C1. The fourth-order valence-corrected chi connectivity index (χ4v) is 3.22. The highest BCUT2D eigenvalue weighted by Gasteiger charge is 2.38. The number of carbonyl (C=O) groups is 2. The van der Waals surface area contributed by atoms with E-state index in [9.17, 15) is 9.59 Å². The molecule has 1 saturated carbocycles. The van der Waals surface area contributed by atoms with Gasteiger partial charge in [0.15, 0.2) is 0 Å². The molecule has 2 fully saturated rings. The Hall–Kier alpha value is -1.06. The number of nitrogens with zero attached hydrogens (tertiary/aromatic N) is 1. The van der Waals surface area contributed by atoms with Crippen molar-refractivity contribution in [2.75, 3.05) is 13.1 Å². The van der Waals surface area contributed by atoms with Gasteiger partial charge in [0.1, 0.15) is 0 Å². The van der Waals surface area contributed by atoms with Gasteiger partial charge in [-0.25, -0.2) is 0 Å². The summed E-state index contributed by atoms with van der Waals surface area (Å²) in [6, 6.07) is 0. The molecule has 0 radical (unpaired) electrons. The van der Waals surface area contributed by atoms with Crippen LogP contribution in [0.2, 0.25) is 0 Å². The summed E-state index contributed by atoms with van der Waals surface area (Å²) >= 11 is 0. The van der Waals surface area contributed by atoms with Crippen molar-refractivity contribution < 1.29 is 14.7 Å². The van der Waals surface area contributed by atoms with Gasteiger partial charge in [-0.15, -0.1) is 0 Å². The summed E-state index contributed by atoms with van der Waals surface area (Å²) in [5.41, 5.74) is 0. The standard InChI is InChI=1S/C14H23NO3/c1-9(2)12-5-6-15(8-12)13(16)10-3-4-11(7-10)14(17)18/h9-12H,3-8H2,1-2H3,(H,17,18)/t10-,11+,12?/m1/s1. The summed E-state index contributed by atoms with van der Waals surface area (Å²) in [6.45, 7) is 6.13. The molecule has 2 rings (SSSR count). The summed E-state index contributed by atoms with van der Waals surface area (Å²) in [6.07, 6.45) is 3.04. The zero-order chi connectivity index (χ0) is 13.3. The molecule has 102 valence electrons. The lowest BCUT2D eigenvalue weighted by Crippen LogP contribution is -2.34. The molecule has 0 aromatic rings. The second kappa shape index (κ2) is 5.29. The van der Waals surface area contributed by atoms with Crippen LogP contribution in [0.25, 0.3) is 0 Å². The zero-order valence-electron chi connectivity index (χ0n) is 11.3. The van der Waals surface area contributed by atoms with Crippen molar-refractivity contribution in [1.29, 1.82) is 0 Å². The largest absolute Gasteiger partial charge is 0.481 e. The molecule has 2 aliphatic rings. The molecular formula is C14H23NO3. The minimum Gasteiger partial charge on any atom is -0.481 e. The highest BCUT2D eigenvalue weighted by atomic mass is 16.4. The van der Waals surface area contributed by atoms with E-state index in [4.69, 9.17) is 5.11 Å². The molecule has 0 bridgehead atoms. The van der Waals surface area contributed by atoms with Crippen molar-refractivity contribution in [2.45, 2.75) is 39.5 Å². The van der Waals surface area contributed by atoms with Crippen LogP contribution < -0.4 is 0 Å². The molecule has 0 spiro atoms. The zero-order valence-corrected chi connectivity index (χ0v) is 11.3. The molecule has 4 nitrogen and oxygen atoms in total. The van der Waals surface area contributed by atoms with E-state index in [0.717, 1.165) is 25.9 Å². The first-order chi connectivity index (χ1) is 8.49. The fourth-order valence-electron chi connectivity index (χ4n) is 3.22. The van der Waals surface area contributed by atoms with Crippen LogP contribution in [0, 0.1) is 23.7 Å². The van der Waals surface area contributed by atoms with E-state index in [-0.39, 0.29) is 17.7 Å². The average molecular weight is 253 g/mol. The van der Waals surface area contributed by atoms with Gasteiger partial charge in [0.05, 0.1) is 5.92 Å². The molecule has 4 heteroatoms. The van der Waals surface area contributed by atoms with Crippen molar-refractivity contribution in [2.24, 2.45) is 23.7 Å². The van der Waals surface area contributed by atoms with Crippen molar-refractivity contribution >= 4 is 11.9 Å². The quantitative estimate of drug-likeness (QED) is 0.837. The molecule has 18 heavy (non-hydrogen) atoms. The van der Waals surface area contributed by atoms with Crippen molar-refractivity contribution in [3.8, 4) is 0 Å². The lowest BCUT2D eigenvalue weighted by molar-refractivity contribution is -0.141. The molecular weight excluding hydrogens is 230 g/mol. The van der Waals surface area contributed by atoms with Gasteiger partial charge in [0.25, 0.3) is 0 Å². The number of hydrogen-bond acceptors (Lipinski definition) is 2. The van der Waals surface area contributed by atoms with Crippen molar-refractivity contribution in [3.05, 3.63) is 0 Å². The van der Waals surface area contributed by atoms with Crippen LogP contribution in [0.5, 0.6) is 0 Å². The number of carboxylic acids is 1. The Morgan fingerprint density at radius 2 is 1.83 bits per heavy atom. The molecule has 3 atom stereocenters. The van der Waals surface area contributed by atoms with Crippen LogP contribution in [0.1, 0.15) is 39.5 Å². The van der Waals surface area contributed by atoms with Crippen molar-refractivity contribution in [3.63, 3.8) is 0 Å². The van der Waals surface area contributed by atoms with Gasteiger partial charge in [0.2, 0.25) is 5.91 Å². The normalized spacial score (nSPS) is 32.2. The Kier molecular flexibility index (Phi) is 3.93. The summed E-state index contributed by atoms with van der Waals surface area (Å²) in [5, 5.41) is 8.97. The Labute approximate surface area is 108 Å². The van der Waals surface area contributed by atoms with Gasteiger partial charge in [-0.05, 0) is 37.5 Å². The number of carbonyl (C=O) groups excluding carboxylic acids is 1. The van der Waals surface area contributed by atoms with E-state index in [1.807, 2.05) is 4.90 Å². The maximum absolute atomic E-state index is 12.3. The second-order valence-electron chi connectivity index (χ2n) is 6.12. The van der Waals surface area contributed by atoms with Gasteiger partial charge in [-0.1, -0.05) is 13.8 Å². The highest BCUT2D eigenvalue weighted by molar-refractivity contribution is 5.81. The lowest BCUT2D eigenvalue weighted by atomic mass is 9.95. The first-order valence-electron chi connectivity index (χ1n) is 7.00. The third kappa shape index (κ3) is 2.68. The van der Waals surface area contributed by atoms with E-state index in [0.29, 0.717) is 24.7 Å². The lowest BCUT2D eigenvalue weighted by Gasteiger charge is -2.21. The molecule has 1 aliphatic heterocycles. The minimum absolute atomic E-state index is 0.0444. The molecule has 1 saturated heterocycles. The summed E-state index contributed by atoms with van der Waals surface area (Å²) < 4.78 is 0. The Morgan fingerprint density at radius 1 is 1.17 bits per heavy atom. The predicted octanol–water partition coefficient (Wildman–Crippen LogP) is 1.99. The van der Waals surface area contributed by atoms with Crippen LogP contribution in [0.4, 0.5) is 0 Å². The molecule has 1 aliphatic carbocycles. The Morgan fingerprint density at radius 3 is 2.33 bits per heavy atom. The minimum atomic E-state index is -0.744. The Balaban J connectivity index is 1.88. The first-order valence-corrected chi connectivity index (χ1v) is 7.00. The highest BCUT2D eigenvalue weighted by Crippen LogP contribution is 2.34. The maximum atomic E-state index is 12.3. The number of likely N-dealkylation sites (tertiary alicyclic amines) is 1. The van der Waals surface area contributed by atoms with E-state index in [1.165, 1.54) is 0 Å². The first kappa shape index (κ1) is 13.4. The van der Waals surface area contributed by atoms with E-state index in [2.05, 4.69) is 13.8 Å². The predicted molar refractivity (Wildman–Crippen MR) is 68.0 cm³/mol. The summed E-state index contributed by atoms with van der Waals surface area (Å²) in [4.78, 5) is 25.2.